The lowest BCUT2D eigenvalue weighted by Gasteiger charge is -2.40. The Morgan fingerprint density at radius 3 is 2.27 bits per heavy atom. The third-order valence-corrected chi connectivity index (χ3v) is 5.29. The molecule has 0 radical (unpaired) electrons. The van der Waals surface area contributed by atoms with E-state index in [9.17, 15) is 4.79 Å². The van der Waals surface area contributed by atoms with E-state index in [4.69, 9.17) is 0 Å². The molecule has 0 saturated heterocycles. The van der Waals surface area contributed by atoms with Gasteiger partial charge in [-0.2, -0.15) is 0 Å². The van der Waals surface area contributed by atoms with Crippen molar-refractivity contribution in [1.82, 2.24) is 0 Å². The largest absolute Gasteiger partial charge is 0.295 e. The van der Waals surface area contributed by atoms with Crippen LogP contribution >= 0.6 is 0 Å². The number of ketones is 1. The summed E-state index contributed by atoms with van der Waals surface area (Å²) in [5.74, 6) is 0.977. The second kappa shape index (κ2) is 2.96. The lowest BCUT2D eigenvalue weighted by molar-refractivity contribution is -0.117. The Kier molecular flexibility index (Phi) is 2.15. The van der Waals surface area contributed by atoms with Crippen LogP contribution < -0.4 is 0 Å². The van der Waals surface area contributed by atoms with Gasteiger partial charge in [0.2, 0.25) is 0 Å². The molecule has 0 aromatic heterocycles. The van der Waals surface area contributed by atoms with Crippen LogP contribution in [0.15, 0.2) is 11.1 Å². The Balaban J connectivity index is 2.57. The molecule has 15 heavy (non-hydrogen) atoms. The monoisotopic (exact) mass is 206 g/mol. The zero-order valence-electron chi connectivity index (χ0n) is 10.6. The quantitative estimate of drug-likeness (QED) is 0.590. The van der Waals surface area contributed by atoms with Gasteiger partial charge in [-0.1, -0.05) is 40.2 Å². The molecule has 2 rings (SSSR count). The van der Waals surface area contributed by atoms with Gasteiger partial charge < -0.3 is 0 Å². The molecule has 0 bridgehead atoms. The lowest BCUT2D eigenvalue weighted by Crippen LogP contribution is -2.35. The van der Waals surface area contributed by atoms with Crippen LogP contribution in [0, 0.1) is 16.7 Å². The number of rotatable bonds is 0. The minimum Gasteiger partial charge on any atom is -0.295 e. The summed E-state index contributed by atoms with van der Waals surface area (Å²) in [6.07, 6.45) is 2.98. The first kappa shape index (κ1) is 10.9. The Labute approximate surface area is 92.9 Å². The summed E-state index contributed by atoms with van der Waals surface area (Å²) in [6, 6.07) is 0. The molecule has 2 aliphatic rings. The summed E-state index contributed by atoms with van der Waals surface area (Å²) < 4.78 is 0. The fourth-order valence-corrected chi connectivity index (χ4v) is 3.35. The van der Waals surface area contributed by atoms with Gasteiger partial charge in [0.25, 0.3) is 0 Å². The van der Waals surface area contributed by atoms with E-state index in [1.807, 2.05) is 0 Å². The van der Waals surface area contributed by atoms with Crippen molar-refractivity contribution in [2.75, 3.05) is 0 Å². The van der Waals surface area contributed by atoms with E-state index < -0.39 is 0 Å². The predicted molar refractivity (Wildman–Crippen MR) is 62.6 cm³/mol. The molecule has 0 spiro atoms. The van der Waals surface area contributed by atoms with E-state index in [1.54, 1.807) is 0 Å². The van der Waals surface area contributed by atoms with Crippen molar-refractivity contribution < 1.29 is 4.79 Å². The third kappa shape index (κ3) is 1.18. The molecule has 0 heterocycles. The van der Waals surface area contributed by atoms with E-state index in [-0.39, 0.29) is 10.8 Å². The molecule has 1 nitrogen and oxygen atoms in total. The van der Waals surface area contributed by atoms with E-state index in [2.05, 4.69) is 34.6 Å². The standard InChI is InChI=1S/C14H22O/c1-9-10-7-6-8-11(15)12(10)14(4,5)13(9,2)3/h9H,6-8H2,1-5H3. The van der Waals surface area contributed by atoms with E-state index in [0.717, 1.165) is 19.3 Å². The van der Waals surface area contributed by atoms with Gasteiger partial charge >= 0.3 is 0 Å². The molecule has 1 heteroatoms. The molecule has 1 atom stereocenters. The Morgan fingerprint density at radius 1 is 1.13 bits per heavy atom. The first-order chi connectivity index (χ1) is 6.80. The second-order valence-corrected chi connectivity index (χ2v) is 6.25. The predicted octanol–water partition coefficient (Wildman–Crippen LogP) is 3.74. The summed E-state index contributed by atoms with van der Waals surface area (Å²) in [7, 11) is 0. The van der Waals surface area contributed by atoms with Crippen LogP contribution in [-0.4, -0.2) is 5.78 Å². The second-order valence-electron chi connectivity index (χ2n) is 6.25. The number of carbonyl (C=O) groups is 1. The van der Waals surface area contributed by atoms with Crippen LogP contribution in [0.4, 0.5) is 0 Å². The van der Waals surface area contributed by atoms with Gasteiger partial charge in [0, 0.05) is 12.0 Å². The molecule has 84 valence electrons. The Bertz CT molecular complexity index is 344. The van der Waals surface area contributed by atoms with Crippen molar-refractivity contribution in [2.45, 2.75) is 53.9 Å². The molecule has 0 amide bonds. The fraction of sp³-hybridized carbons (Fsp3) is 0.786. The Hall–Kier alpha value is -0.590. The number of hydrogen-bond acceptors (Lipinski definition) is 1. The molecule has 0 aromatic rings. The van der Waals surface area contributed by atoms with Gasteiger partial charge in [-0.3, -0.25) is 4.79 Å². The average Bonchev–Trinajstić information content (AvgIpc) is 2.27. The maximum Gasteiger partial charge on any atom is 0.159 e. The van der Waals surface area contributed by atoms with Gasteiger partial charge in [0.15, 0.2) is 5.78 Å². The van der Waals surface area contributed by atoms with Crippen molar-refractivity contribution in [3.8, 4) is 0 Å². The van der Waals surface area contributed by atoms with Crippen molar-refractivity contribution in [2.24, 2.45) is 16.7 Å². The Morgan fingerprint density at radius 2 is 1.73 bits per heavy atom. The minimum absolute atomic E-state index is 0.0548. The summed E-state index contributed by atoms with van der Waals surface area (Å²) >= 11 is 0. The lowest BCUT2D eigenvalue weighted by atomic mass is 9.64. The molecule has 2 aliphatic carbocycles. The van der Waals surface area contributed by atoms with Crippen LogP contribution in [0.2, 0.25) is 0 Å². The number of carbonyl (C=O) groups excluding carboxylic acids is 1. The number of allylic oxidation sites excluding steroid dienone is 2. The zero-order valence-corrected chi connectivity index (χ0v) is 10.6. The van der Waals surface area contributed by atoms with Crippen LogP contribution in [-0.2, 0) is 4.79 Å². The first-order valence-electron chi connectivity index (χ1n) is 6.07. The highest BCUT2D eigenvalue weighted by molar-refractivity contribution is 5.99. The van der Waals surface area contributed by atoms with Crippen molar-refractivity contribution >= 4 is 5.78 Å². The number of hydrogen-bond donors (Lipinski definition) is 0. The summed E-state index contributed by atoms with van der Waals surface area (Å²) in [5, 5.41) is 0. The van der Waals surface area contributed by atoms with E-state index in [0.29, 0.717) is 11.7 Å². The van der Waals surface area contributed by atoms with Gasteiger partial charge in [0.1, 0.15) is 0 Å². The highest BCUT2D eigenvalue weighted by Crippen LogP contribution is 2.60. The molecule has 0 N–H and O–H groups in total. The van der Waals surface area contributed by atoms with Gasteiger partial charge in [-0.15, -0.1) is 0 Å². The van der Waals surface area contributed by atoms with Crippen LogP contribution in [0.25, 0.3) is 0 Å². The van der Waals surface area contributed by atoms with Crippen molar-refractivity contribution in [3.05, 3.63) is 11.1 Å². The highest BCUT2D eigenvalue weighted by atomic mass is 16.1. The summed E-state index contributed by atoms with van der Waals surface area (Å²) in [5.41, 5.74) is 2.91. The summed E-state index contributed by atoms with van der Waals surface area (Å²) in [6.45, 7) is 11.4. The van der Waals surface area contributed by atoms with Gasteiger partial charge in [-0.25, -0.2) is 0 Å². The molecule has 0 saturated carbocycles. The van der Waals surface area contributed by atoms with Crippen LogP contribution in [0.5, 0.6) is 0 Å². The maximum absolute atomic E-state index is 12.1. The zero-order chi connectivity index (χ0) is 11.4. The molecular weight excluding hydrogens is 184 g/mol. The fourth-order valence-electron chi connectivity index (χ4n) is 3.35. The maximum atomic E-state index is 12.1. The molecule has 1 unspecified atom stereocenters. The van der Waals surface area contributed by atoms with Gasteiger partial charge in [-0.05, 0) is 29.6 Å². The van der Waals surface area contributed by atoms with Gasteiger partial charge in [0.05, 0.1) is 0 Å². The normalized spacial score (nSPS) is 33.1. The smallest absolute Gasteiger partial charge is 0.159 e. The molecule has 0 aromatic carbocycles. The topological polar surface area (TPSA) is 17.1 Å². The van der Waals surface area contributed by atoms with E-state index >= 15 is 0 Å². The molecular formula is C14H22O. The van der Waals surface area contributed by atoms with Crippen molar-refractivity contribution in [3.63, 3.8) is 0 Å². The number of Topliss-reactive ketones (excluding diaryl/α,β-unsaturated/α-hetero) is 1. The first-order valence-corrected chi connectivity index (χ1v) is 6.07. The van der Waals surface area contributed by atoms with Crippen LogP contribution in [0.1, 0.15) is 53.9 Å². The summed E-state index contributed by atoms with van der Waals surface area (Å²) in [4.78, 5) is 12.1. The van der Waals surface area contributed by atoms with Crippen LogP contribution in [0.3, 0.4) is 0 Å². The molecule has 0 aliphatic heterocycles. The molecule has 0 fully saturated rings. The average molecular weight is 206 g/mol. The minimum atomic E-state index is 0.0548. The van der Waals surface area contributed by atoms with Crippen molar-refractivity contribution in [1.29, 1.82) is 0 Å². The SMILES string of the molecule is CC1C2=C(C(=O)CCC2)C(C)(C)C1(C)C. The van der Waals surface area contributed by atoms with E-state index in [1.165, 1.54) is 11.1 Å². The third-order valence-electron chi connectivity index (χ3n) is 5.29. The highest BCUT2D eigenvalue weighted by Gasteiger charge is 2.53.